The maximum atomic E-state index is 6.59. The molecule has 0 aliphatic carbocycles. The van der Waals surface area contributed by atoms with Gasteiger partial charge < -0.3 is 4.74 Å². The van der Waals surface area contributed by atoms with Gasteiger partial charge in [0.2, 0.25) is 0 Å². The minimum atomic E-state index is -0.251. The van der Waals surface area contributed by atoms with Crippen molar-refractivity contribution in [1.82, 2.24) is 9.88 Å². The van der Waals surface area contributed by atoms with Crippen LogP contribution in [0.3, 0.4) is 0 Å². The number of ether oxygens (including phenoxy) is 1. The third kappa shape index (κ3) is 5.37. The van der Waals surface area contributed by atoms with E-state index in [1.165, 1.54) is 5.56 Å². The largest absolute Gasteiger partial charge is 0.365 e. The van der Waals surface area contributed by atoms with Crippen LogP contribution in [0.15, 0.2) is 72.9 Å². The van der Waals surface area contributed by atoms with Crippen LogP contribution in [0.5, 0.6) is 0 Å². The van der Waals surface area contributed by atoms with Gasteiger partial charge in [-0.25, -0.2) is 4.98 Å². The van der Waals surface area contributed by atoms with Gasteiger partial charge in [-0.1, -0.05) is 71.7 Å². The second-order valence-electron chi connectivity index (χ2n) is 7.41. The molecule has 0 N–H and O–H groups in total. The van der Waals surface area contributed by atoms with Crippen molar-refractivity contribution in [3.05, 3.63) is 99.8 Å². The Kier molecular flexibility index (Phi) is 6.83. The predicted molar refractivity (Wildman–Crippen MR) is 118 cm³/mol. The van der Waals surface area contributed by atoms with Crippen molar-refractivity contribution in [2.75, 3.05) is 13.1 Å². The number of benzene rings is 2. The molecule has 1 aliphatic heterocycles. The Morgan fingerprint density at radius 2 is 1.66 bits per heavy atom. The number of nitrogens with zero attached hydrogens (tertiary/aromatic N) is 2. The van der Waals surface area contributed by atoms with Crippen LogP contribution >= 0.6 is 23.2 Å². The number of halogens is 2. The molecule has 1 fully saturated rings. The molecule has 0 amide bonds. The minimum absolute atomic E-state index is 0.180. The summed E-state index contributed by atoms with van der Waals surface area (Å²) in [5, 5.41) is 1.19. The van der Waals surface area contributed by atoms with Crippen LogP contribution in [0.2, 0.25) is 10.2 Å². The Morgan fingerprint density at radius 3 is 2.34 bits per heavy atom. The number of hydrogen-bond donors (Lipinski definition) is 0. The van der Waals surface area contributed by atoms with Gasteiger partial charge >= 0.3 is 0 Å². The first kappa shape index (κ1) is 20.4. The van der Waals surface area contributed by atoms with E-state index in [9.17, 15) is 0 Å². The molecule has 5 heteroatoms. The van der Waals surface area contributed by atoms with Gasteiger partial charge in [0, 0.05) is 36.4 Å². The van der Waals surface area contributed by atoms with Gasteiger partial charge in [0.05, 0.1) is 6.10 Å². The number of likely N-dealkylation sites (tertiary alicyclic amines) is 1. The maximum Gasteiger partial charge on any atom is 0.135 e. The van der Waals surface area contributed by atoms with Crippen LogP contribution in [0, 0.1) is 0 Å². The highest BCUT2D eigenvalue weighted by atomic mass is 35.5. The Labute approximate surface area is 182 Å². The summed E-state index contributed by atoms with van der Waals surface area (Å²) in [5.74, 6) is 0. The van der Waals surface area contributed by atoms with E-state index in [2.05, 4.69) is 40.2 Å². The highest BCUT2D eigenvalue weighted by Gasteiger charge is 2.26. The summed E-state index contributed by atoms with van der Waals surface area (Å²) in [4.78, 5) is 6.74. The molecule has 0 spiro atoms. The monoisotopic (exact) mass is 426 g/mol. The van der Waals surface area contributed by atoms with Crippen molar-refractivity contribution in [3.63, 3.8) is 0 Å². The van der Waals surface area contributed by atoms with Crippen LogP contribution < -0.4 is 0 Å². The van der Waals surface area contributed by atoms with E-state index in [0.29, 0.717) is 10.2 Å². The summed E-state index contributed by atoms with van der Waals surface area (Å²) >= 11 is 12.5. The van der Waals surface area contributed by atoms with E-state index in [1.54, 1.807) is 6.20 Å². The van der Waals surface area contributed by atoms with Gasteiger partial charge in [0.15, 0.2) is 0 Å². The Bertz CT molecular complexity index is 910. The van der Waals surface area contributed by atoms with Crippen molar-refractivity contribution >= 4 is 23.2 Å². The summed E-state index contributed by atoms with van der Waals surface area (Å²) in [6.07, 6.45) is 3.62. The van der Waals surface area contributed by atoms with E-state index < -0.39 is 0 Å². The second-order valence-corrected chi connectivity index (χ2v) is 8.21. The first-order chi connectivity index (χ1) is 14.2. The van der Waals surface area contributed by atoms with Crippen molar-refractivity contribution in [1.29, 1.82) is 0 Å². The molecular weight excluding hydrogens is 403 g/mol. The van der Waals surface area contributed by atoms with Gasteiger partial charge in [0.1, 0.15) is 11.3 Å². The standard InChI is InChI=1S/C24H24Cl2N2O/c25-20-10-8-19(9-11-20)23(22-7-4-14-27-24(22)26)29-21-12-15-28(16-13-21)17-18-5-2-1-3-6-18/h1-11,14,21,23H,12-13,15-17H2. The van der Waals surface area contributed by atoms with Crippen molar-refractivity contribution in [2.24, 2.45) is 0 Å². The molecule has 0 bridgehead atoms. The van der Waals surface area contributed by atoms with Gasteiger partial charge in [-0.05, 0) is 42.2 Å². The lowest BCUT2D eigenvalue weighted by molar-refractivity contribution is -0.0282. The lowest BCUT2D eigenvalue weighted by Crippen LogP contribution is -2.37. The molecule has 0 radical (unpaired) electrons. The van der Waals surface area contributed by atoms with Crippen LogP contribution in [0.4, 0.5) is 0 Å². The zero-order valence-electron chi connectivity index (χ0n) is 16.2. The zero-order chi connectivity index (χ0) is 20.1. The van der Waals surface area contributed by atoms with Gasteiger partial charge in [0.25, 0.3) is 0 Å². The SMILES string of the molecule is Clc1ccc(C(OC2CCN(Cc3ccccc3)CC2)c2cccnc2Cl)cc1. The summed E-state index contributed by atoms with van der Waals surface area (Å²) in [5.41, 5.74) is 3.28. The maximum absolute atomic E-state index is 6.59. The van der Waals surface area contributed by atoms with Crippen molar-refractivity contribution < 1.29 is 4.74 Å². The van der Waals surface area contributed by atoms with E-state index in [0.717, 1.165) is 43.6 Å². The number of rotatable bonds is 6. The second kappa shape index (κ2) is 9.73. The first-order valence-corrected chi connectivity index (χ1v) is 10.7. The van der Waals surface area contributed by atoms with Crippen LogP contribution in [0.1, 0.15) is 35.6 Å². The fraction of sp³-hybridized carbons (Fsp3) is 0.292. The highest BCUT2D eigenvalue weighted by Crippen LogP contribution is 2.33. The van der Waals surface area contributed by atoms with Crippen molar-refractivity contribution in [3.8, 4) is 0 Å². The smallest absolute Gasteiger partial charge is 0.135 e. The molecule has 3 aromatic rings. The molecule has 2 aromatic carbocycles. The molecular formula is C24H24Cl2N2O. The molecule has 1 saturated heterocycles. The summed E-state index contributed by atoms with van der Waals surface area (Å²) < 4.78 is 6.59. The summed E-state index contributed by atoms with van der Waals surface area (Å²) in [6.45, 7) is 3.03. The Hall–Kier alpha value is -1.91. The lowest BCUT2D eigenvalue weighted by Gasteiger charge is -2.34. The summed E-state index contributed by atoms with van der Waals surface area (Å²) in [6, 6.07) is 22.3. The van der Waals surface area contributed by atoms with Crippen LogP contribution in [-0.2, 0) is 11.3 Å². The number of aromatic nitrogens is 1. The number of pyridine rings is 1. The molecule has 1 aliphatic rings. The first-order valence-electron chi connectivity index (χ1n) is 9.96. The number of piperidine rings is 1. The molecule has 3 nitrogen and oxygen atoms in total. The van der Waals surface area contributed by atoms with Crippen molar-refractivity contribution in [2.45, 2.75) is 31.6 Å². The van der Waals surface area contributed by atoms with E-state index in [4.69, 9.17) is 27.9 Å². The zero-order valence-corrected chi connectivity index (χ0v) is 17.7. The van der Waals surface area contributed by atoms with E-state index >= 15 is 0 Å². The average molecular weight is 427 g/mol. The average Bonchev–Trinajstić information content (AvgIpc) is 2.75. The Morgan fingerprint density at radius 1 is 0.931 bits per heavy atom. The third-order valence-corrected chi connectivity index (χ3v) is 5.92. The van der Waals surface area contributed by atoms with E-state index in [1.807, 2.05) is 36.4 Å². The molecule has 0 saturated carbocycles. The van der Waals surface area contributed by atoms with Crippen LogP contribution in [-0.4, -0.2) is 29.1 Å². The van der Waals surface area contributed by atoms with Crippen LogP contribution in [0.25, 0.3) is 0 Å². The van der Waals surface area contributed by atoms with E-state index in [-0.39, 0.29) is 12.2 Å². The quantitative estimate of drug-likeness (QED) is 0.441. The molecule has 1 atom stereocenters. The number of hydrogen-bond acceptors (Lipinski definition) is 3. The topological polar surface area (TPSA) is 25.4 Å². The normalized spacial score (nSPS) is 16.6. The third-order valence-electron chi connectivity index (χ3n) is 5.36. The fourth-order valence-corrected chi connectivity index (χ4v) is 4.15. The molecule has 1 unspecified atom stereocenters. The fourth-order valence-electron chi connectivity index (χ4n) is 3.80. The Balaban J connectivity index is 1.45. The lowest BCUT2D eigenvalue weighted by atomic mass is 10.0. The highest BCUT2D eigenvalue weighted by molar-refractivity contribution is 6.30. The summed E-state index contributed by atoms with van der Waals surface area (Å²) in [7, 11) is 0. The molecule has 4 rings (SSSR count). The molecule has 29 heavy (non-hydrogen) atoms. The van der Waals surface area contributed by atoms with Gasteiger partial charge in [-0.15, -0.1) is 0 Å². The van der Waals surface area contributed by atoms with Gasteiger partial charge in [-0.2, -0.15) is 0 Å². The molecule has 150 valence electrons. The van der Waals surface area contributed by atoms with Gasteiger partial charge in [-0.3, -0.25) is 4.90 Å². The molecule has 2 heterocycles. The minimum Gasteiger partial charge on any atom is -0.365 e. The predicted octanol–water partition coefficient (Wildman–Crippen LogP) is 6.16. The molecule has 1 aromatic heterocycles.